The van der Waals surface area contributed by atoms with Gasteiger partial charge in [0.05, 0.1) is 0 Å². The molecule has 0 aromatic heterocycles. The molecule has 0 atom stereocenters. The normalized spacial score (nSPS) is 16.9. The highest BCUT2D eigenvalue weighted by molar-refractivity contribution is 5.51. The van der Waals surface area contributed by atoms with Gasteiger partial charge in [0.15, 0.2) is 0 Å². The van der Waals surface area contributed by atoms with E-state index in [0.717, 1.165) is 30.4 Å². The molecule has 2 rings (SSSR count). The summed E-state index contributed by atoms with van der Waals surface area (Å²) in [5.41, 5.74) is -15.4. The molecule has 0 fully saturated rings. The molecule has 0 aliphatic heterocycles. The Morgan fingerprint density at radius 3 is 1.54 bits per heavy atom. The summed E-state index contributed by atoms with van der Waals surface area (Å²) in [6.45, 7) is 1.28. The van der Waals surface area contributed by atoms with Gasteiger partial charge in [0, 0.05) is 5.57 Å². The van der Waals surface area contributed by atoms with Crippen LogP contribution in [0.2, 0.25) is 0 Å². The van der Waals surface area contributed by atoms with E-state index in [9.17, 15) is 52.7 Å². The van der Waals surface area contributed by atoms with Crippen molar-refractivity contribution in [1.82, 2.24) is 0 Å². The van der Waals surface area contributed by atoms with Crippen molar-refractivity contribution in [1.29, 1.82) is 0 Å². The monoisotopic (exact) mass is 546 g/mol. The van der Waals surface area contributed by atoms with Crippen molar-refractivity contribution in [2.45, 2.75) is 49.9 Å². The first kappa shape index (κ1) is 30.1. The first-order valence-electron chi connectivity index (χ1n) is 10.4. The van der Waals surface area contributed by atoms with Crippen LogP contribution >= 0.6 is 0 Å². The third kappa shape index (κ3) is 4.80. The van der Waals surface area contributed by atoms with Crippen LogP contribution in [0, 0.1) is 17.8 Å². The molecule has 1 aromatic carbocycles. The van der Waals surface area contributed by atoms with E-state index in [1.807, 2.05) is 0 Å². The van der Waals surface area contributed by atoms with Gasteiger partial charge in [-0.2, -0.15) is 52.7 Å². The molecular formula is C25H18F12. The van der Waals surface area contributed by atoms with E-state index in [0.29, 0.717) is 18.2 Å². The van der Waals surface area contributed by atoms with E-state index in [1.54, 1.807) is 0 Å². The maximum Gasteiger partial charge on any atom is 0.411 e. The Morgan fingerprint density at radius 2 is 1.19 bits per heavy atom. The third-order valence-electron chi connectivity index (χ3n) is 6.04. The average molecular weight is 546 g/mol. The summed E-state index contributed by atoms with van der Waals surface area (Å²) >= 11 is 0. The van der Waals surface area contributed by atoms with Gasteiger partial charge in [-0.3, -0.25) is 0 Å². The van der Waals surface area contributed by atoms with Gasteiger partial charge in [-0.1, -0.05) is 60.6 Å². The third-order valence-corrected chi connectivity index (χ3v) is 6.04. The lowest BCUT2D eigenvalue weighted by Gasteiger charge is -2.43. The fraction of sp³-hybridized carbons (Fsp3) is 0.360. The van der Waals surface area contributed by atoms with Crippen molar-refractivity contribution in [3.05, 3.63) is 83.0 Å². The Morgan fingerprint density at radius 1 is 0.730 bits per heavy atom. The number of benzene rings is 1. The number of hydrogen-bond acceptors (Lipinski definition) is 0. The van der Waals surface area contributed by atoms with E-state index in [4.69, 9.17) is 6.42 Å². The van der Waals surface area contributed by atoms with Crippen molar-refractivity contribution in [2.75, 3.05) is 0 Å². The lowest BCUT2D eigenvalue weighted by Crippen LogP contribution is -2.56. The smallest absolute Gasteiger partial charge is 0.169 e. The van der Waals surface area contributed by atoms with E-state index < -0.39 is 70.7 Å². The number of halogens is 12. The lowest BCUT2D eigenvalue weighted by atomic mass is 9.65. The average Bonchev–Trinajstić information content (AvgIpc) is 2.74. The molecular weight excluding hydrogens is 528 g/mol. The Labute approximate surface area is 204 Å². The van der Waals surface area contributed by atoms with Gasteiger partial charge in [0.1, 0.15) is 0 Å². The highest BCUT2D eigenvalue weighted by Gasteiger charge is 2.76. The molecule has 1 aromatic rings. The Hall–Kier alpha value is -3.10. The Balaban J connectivity index is 2.98. The molecule has 12 heteroatoms. The molecule has 0 bridgehead atoms. The van der Waals surface area contributed by atoms with Crippen LogP contribution < -0.4 is 0 Å². The predicted molar refractivity (Wildman–Crippen MR) is 112 cm³/mol. The molecule has 0 spiro atoms. The fourth-order valence-corrected chi connectivity index (χ4v) is 4.46. The van der Waals surface area contributed by atoms with Gasteiger partial charge < -0.3 is 0 Å². The Kier molecular flexibility index (Phi) is 8.13. The van der Waals surface area contributed by atoms with Gasteiger partial charge in [0.25, 0.3) is 0 Å². The SMILES string of the molecule is C#C/C(=C\C=C/C)C(C1=CC=C(C(c2ccccc2)(C(F)(F)F)C(F)(F)F)CC1)(C(F)(F)F)C(F)(F)F. The zero-order valence-corrected chi connectivity index (χ0v) is 18.8. The predicted octanol–water partition coefficient (Wildman–Crippen LogP) is 8.94. The molecule has 1 aliphatic carbocycles. The molecule has 0 radical (unpaired) electrons. The van der Waals surface area contributed by atoms with Gasteiger partial charge in [0.2, 0.25) is 10.8 Å². The summed E-state index contributed by atoms with van der Waals surface area (Å²) < 4.78 is 170. The molecule has 0 saturated carbocycles. The minimum Gasteiger partial charge on any atom is -0.169 e. The summed E-state index contributed by atoms with van der Waals surface area (Å²) in [5.74, 6) is 1.35. The topological polar surface area (TPSA) is 0 Å². The van der Waals surface area contributed by atoms with Crippen molar-refractivity contribution < 1.29 is 52.7 Å². The first-order valence-corrected chi connectivity index (χ1v) is 10.4. The zero-order chi connectivity index (χ0) is 28.5. The first-order chi connectivity index (χ1) is 16.8. The van der Waals surface area contributed by atoms with Crippen LogP contribution in [0.3, 0.4) is 0 Å². The highest BCUT2D eigenvalue weighted by Crippen LogP contribution is 2.63. The second kappa shape index (κ2) is 9.99. The zero-order valence-electron chi connectivity index (χ0n) is 18.8. The minimum atomic E-state index is -6.13. The molecule has 1 aliphatic rings. The summed E-state index contributed by atoms with van der Waals surface area (Å²) in [4.78, 5) is 0. The van der Waals surface area contributed by atoms with Crippen LogP contribution in [0.1, 0.15) is 25.3 Å². The molecule has 37 heavy (non-hydrogen) atoms. The van der Waals surface area contributed by atoms with Crippen LogP contribution in [0.25, 0.3) is 0 Å². The number of alkyl halides is 12. The molecule has 0 amide bonds. The maximum atomic E-state index is 14.2. The van der Waals surface area contributed by atoms with Crippen molar-refractivity contribution in [3.63, 3.8) is 0 Å². The second-order valence-electron chi connectivity index (χ2n) is 7.99. The maximum absolute atomic E-state index is 14.2. The van der Waals surface area contributed by atoms with Gasteiger partial charge in [-0.25, -0.2) is 0 Å². The molecule has 0 heterocycles. The standard InChI is InChI=1S/C25H18F12/c1-3-5-9-16(4-2)20(22(26,27)28,23(29,30)31)18-12-14-19(15-13-18)21(24(32,33)34,25(35,36)37)17-10-7-6-8-11-17/h2-3,5-12,14H,13,15H2,1H3/b5-3-,16-9+. The van der Waals surface area contributed by atoms with Crippen LogP contribution in [-0.4, -0.2) is 24.7 Å². The van der Waals surface area contributed by atoms with Crippen molar-refractivity contribution in [3.8, 4) is 12.3 Å². The van der Waals surface area contributed by atoms with Gasteiger partial charge >= 0.3 is 24.7 Å². The number of rotatable bonds is 5. The van der Waals surface area contributed by atoms with Crippen LogP contribution in [0.5, 0.6) is 0 Å². The molecule has 0 unspecified atom stereocenters. The van der Waals surface area contributed by atoms with E-state index in [1.165, 1.54) is 12.8 Å². The van der Waals surface area contributed by atoms with Crippen LogP contribution in [0.15, 0.2) is 77.4 Å². The summed E-state index contributed by atoms with van der Waals surface area (Å²) in [6, 6.07) is 4.01. The van der Waals surface area contributed by atoms with Crippen LogP contribution in [-0.2, 0) is 5.41 Å². The van der Waals surface area contributed by atoms with Gasteiger partial charge in [-0.15, -0.1) is 6.42 Å². The fourth-order valence-electron chi connectivity index (χ4n) is 4.46. The quantitative estimate of drug-likeness (QED) is 0.197. The second-order valence-corrected chi connectivity index (χ2v) is 7.99. The summed E-state index contributed by atoms with van der Waals surface area (Å²) in [5, 5.41) is 0. The van der Waals surface area contributed by atoms with Crippen molar-refractivity contribution in [2.24, 2.45) is 5.41 Å². The van der Waals surface area contributed by atoms with Gasteiger partial charge in [-0.05, 0) is 42.6 Å². The number of allylic oxidation sites excluding steroid dienone is 8. The van der Waals surface area contributed by atoms with Crippen LogP contribution in [0.4, 0.5) is 52.7 Å². The molecule has 202 valence electrons. The minimum absolute atomic E-state index is 0.00975. The van der Waals surface area contributed by atoms with E-state index in [-0.39, 0.29) is 12.2 Å². The molecule has 0 saturated heterocycles. The largest absolute Gasteiger partial charge is 0.411 e. The summed E-state index contributed by atoms with van der Waals surface area (Å²) in [7, 11) is 0. The molecule has 0 nitrogen and oxygen atoms in total. The number of hydrogen-bond donors (Lipinski definition) is 0. The summed E-state index contributed by atoms with van der Waals surface area (Å²) in [6.07, 6.45) is -19.9. The number of terminal acetylenes is 1. The molecule has 0 N–H and O–H groups in total. The van der Waals surface area contributed by atoms with E-state index >= 15 is 0 Å². The van der Waals surface area contributed by atoms with Crippen molar-refractivity contribution >= 4 is 0 Å². The van der Waals surface area contributed by atoms with E-state index in [2.05, 4.69) is 0 Å². The lowest BCUT2D eigenvalue weighted by molar-refractivity contribution is -0.310. The highest BCUT2D eigenvalue weighted by atomic mass is 19.4. The Bertz CT molecular complexity index is 1100.